The standard InChI is InChI=1S/C15H21N3O4/c1-4-22-15(21)17-14(20)10-18(3)9-13(19)16-12-7-5-11(2)6-8-12/h5-8H,4,9-10H2,1-3H3,(H,16,19)(H,17,20,21)/p+1. The lowest BCUT2D eigenvalue weighted by atomic mass is 10.2. The van der Waals surface area contributed by atoms with Crippen molar-refractivity contribution in [1.29, 1.82) is 0 Å². The van der Waals surface area contributed by atoms with Crippen LogP contribution in [0.15, 0.2) is 24.3 Å². The molecular formula is C15H22N3O4+. The Kier molecular flexibility index (Phi) is 7.04. The van der Waals surface area contributed by atoms with Crippen molar-refractivity contribution in [3.63, 3.8) is 0 Å². The molecule has 0 aliphatic rings. The second-order valence-electron chi connectivity index (χ2n) is 4.99. The summed E-state index contributed by atoms with van der Waals surface area (Å²) in [5, 5.41) is 4.84. The number of carbonyl (C=O) groups excluding carboxylic acids is 3. The Morgan fingerprint density at radius 3 is 2.27 bits per heavy atom. The summed E-state index contributed by atoms with van der Waals surface area (Å²) in [6.45, 7) is 3.92. The van der Waals surface area contributed by atoms with E-state index in [1.54, 1.807) is 14.0 Å². The fourth-order valence-corrected chi connectivity index (χ4v) is 1.78. The number of imide groups is 1. The van der Waals surface area contributed by atoms with E-state index in [-0.39, 0.29) is 25.6 Å². The van der Waals surface area contributed by atoms with Crippen LogP contribution in [0, 0.1) is 6.92 Å². The molecule has 0 heterocycles. The van der Waals surface area contributed by atoms with Crippen LogP contribution in [0.5, 0.6) is 0 Å². The van der Waals surface area contributed by atoms with Crippen LogP contribution in [0.3, 0.4) is 0 Å². The smallest absolute Gasteiger partial charge is 0.414 e. The maximum Gasteiger partial charge on any atom is 0.414 e. The van der Waals surface area contributed by atoms with Crippen LogP contribution in [0.4, 0.5) is 10.5 Å². The second kappa shape index (κ2) is 8.78. The first kappa shape index (κ1) is 17.6. The first-order chi connectivity index (χ1) is 10.4. The van der Waals surface area contributed by atoms with Crippen LogP contribution in [0.1, 0.15) is 12.5 Å². The molecule has 0 aromatic heterocycles. The summed E-state index contributed by atoms with van der Waals surface area (Å²) >= 11 is 0. The predicted octanol–water partition coefficient (Wildman–Crippen LogP) is -0.279. The fourth-order valence-electron chi connectivity index (χ4n) is 1.78. The van der Waals surface area contributed by atoms with Gasteiger partial charge in [-0.1, -0.05) is 17.7 Å². The Morgan fingerprint density at radius 2 is 1.68 bits per heavy atom. The van der Waals surface area contributed by atoms with Crippen molar-refractivity contribution in [1.82, 2.24) is 5.32 Å². The molecule has 1 aromatic carbocycles. The largest absolute Gasteiger partial charge is 0.450 e. The molecule has 1 aromatic rings. The van der Waals surface area contributed by atoms with Crippen LogP contribution in [0.25, 0.3) is 0 Å². The SMILES string of the molecule is CCOC(=O)NC(=O)C[NH+](C)CC(=O)Nc1ccc(C)cc1. The highest BCUT2D eigenvalue weighted by molar-refractivity contribution is 5.93. The van der Waals surface area contributed by atoms with Gasteiger partial charge in [-0.25, -0.2) is 4.79 Å². The van der Waals surface area contributed by atoms with E-state index >= 15 is 0 Å². The third-order valence-electron chi connectivity index (χ3n) is 2.78. The number of aryl methyl sites for hydroxylation is 1. The van der Waals surface area contributed by atoms with Crippen LogP contribution < -0.4 is 15.5 Å². The van der Waals surface area contributed by atoms with Gasteiger partial charge in [-0.05, 0) is 26.0 Å². The van der Waals surface area contributed by atoms with Crippen molar-refractivity contribution in [3.8, 4) is 0 Å². The number of rotatable bonds is 6. The number of carbonyl (C=O) groups is 3. The summed E-state index contributed by atoms with van der Waals surface area (Å²) in [6.07, 6.45) is -0.774. The molecule has 0 aliphatic heterocycles. The van der Waals surface area contributed by atoms with Gasteiger partial charge in [0.25, 0.3) is 11.8 Å². The lowest BCUT2D eigenvalue weighted by Crippen LogP contribution is -3.11. The number of alkyl carbamates (subject to hydrolysis) is 1. The molecule has 1 atom stereocenters. The zero-order valence-corrected chi connectivity index (χ0v) is 13.1. The highest BCUT2D eigenvalue weighted by atomic mass is 16.5. The van der Waals surface area contributed by atoms with E-state index in [2.05, 4.69) is 15.4 Å². The molecule has 1 rings (SSSR count). The van der Waals surface area contributed by atoms with Gasteiger partial charge in [0.2, 0.25) is 0 Å². The van der Waals surface area contributed by atoms with Crippen molar-refractivity contribution >= 4 is 23.6 Å². The molecule has 3 amide bonds. The lowest BCUT2D eigenvalue weighted by molar-refractivity contribution is -0.862. The van der Waals surface area contributed by atoms with Gasteiger partial charge in [-0.3, -0.25) is 14.9 Å². The number of amides is 3. The molecule has 0 saturated heterocycles. The molecule has 0 aliphatic carbocycles. The van der Waals surface area contributed by atoms with Crippen LogP contribution in [-0.2, 0) is 14.3 Å². The van der Waals surface area contributed by atoms with Crippen LogP contribution in [-0.4, -0.2) is 44.7 Å². The van der Waals surface area contributed by atoms with Crippen LogP contribution in [0.2, 0.25) is 0 Å². The molecule has 0 fully saturated rings. The summed E-state index contributed by atoms with van der Waals surface area (Å²) in [5.41, 5.74) is 1.82. The van der Waals surface area contributed by atoms with Gasteiger partial charge in [-0.2, -0.15) is 0 Å². The van der Waals surface area contributed by atoms with Crippen molar-refractivity contribution in [3.05, 3.63) is 29.8 Å². The van der Waals surface area contributed by atoms with Crippen molar-refractivity contribution < 1.29 is 24.0 Å². The van der Waals surface area contributed by atoms with Gasteiger partial charge in [0.15, 0.2) is 13.1 Å². The Hall–Kier alpha value is -2.41. The van der Waals surface area contributed by atoms with E-state index in [1.807, 2.05) is 31.2 Å². The third-order valence-corrected chi connectivity index (χ3v) is 2.78. The number of quaternary nitrogens is 1. The van der Waals surface area contributed by atoms with Gasteiger partial charge in [-0.15, -0.1) is 0 Å². The minimum atomic E-state index is -0.774. The fraction of sp³-hybridized carbons (Fsp3) is 0.400. The topological polar surface area (TPSA) is 88.9 Å². The van der Waals surface area contributed by atoms with E-state index in [4.69, 9.17) is 0 Å². The molecular weight excluding hydrogens is 286 g/mol. The number of ether oxygens (including phenoxy) is 1. The quantitative estimate of drug-likeness (QED) is 0.674. The number of hydrogen-bond donors (Lipinski definition) is 3. The van der Waals surface area contributed by atoms with Gasteiger partial charge in [0, 0.05) is 5.69 Å². The average molecular weight is 308 g/mol. The summed E-state index contributed by atoms with van der Waals surface area (Å²) < 4.78 is 4.60. The molecule has 7 heteroatoms. The van der Waals surface area contributed by atoms with E-state index in [1.165, 1.54) is 0 Å². The monoisotopic (exact) mass is 308 g/mol. The lowest BCUT2D eigenvalue weighted by Gasteiger charge is -2.13. The first-order valence-electron chi connectivity index (χ1n) is 7.05. The number of benzene rings is 1. The zero-order valence-electron chi connectivity index (χ0n) is 13.1. The highest BCUT2D eigenvalue weighted by Crippen LogP contribution is 2.07. The first-order valence-corrected chi connectivity index (χ1v) is 7.05. The zero-order chi connectivity index (χ0) is 16.5. The number of likely N-dealkylation sites (N-methyl/N-ethyl adjacent to an activating group) is 1. The average Bonchev–Trinajstić information content (AvgIpc) is 2.40. The maximum atomic E-state index is 11.9. The van der Waals surface area contributed by atoms with Crippen LogP contribution >= 0.6 is 0 Å². The summed E-state index contributed by atoms with van der Waals surface area (Å²) in [4.78, 5) is 35.2. The van der Waals surface area contributed by atoms with Crippen molar-refractivity contribution in [2.45, 2.75) is 13.8 Å². The number of hydrogen-bond acceptors (Lipinski definition) is 4. The minimum Gasteiger partial charge on any atom is -0.450 e. The highest BCUT2D eigenvalue weighted by Gasteiger charge is 2.16. The molecule has 22 heavy (non-hydrogen) atoms. The van der Waals surface area contributed by atoms with Gasteiger partial charge < -0.3 is 15.0 Å². The van der Waals surface area contributed by atoms with Gasteiger partial charge >= 0.3 is 6.09 Å². The minimum absolute atomic E-state index is 0.000131. The van der Waals surface area contributed by atoms with E-state index < -0.39 is 12.0 Å². The molecule has 3 N–H and O–H groups in total. The molecule has 0 bridgehead atoms. The Balaban J connectivity index is 2.36. The molecule has 0 radical (unpaired) electrons. The molecule has 120 valence electrons. The molecule has 7 nitrogen and oxygen atoms in total. The van der Waals surface area contributed by atoms with Crippen molar-refractivity contribution in [2.75, 3.05) is 32.1 Å². The van der Waals surface area contributed by atoms with E-state index in [9.17, 15) is 14.4 Å². The Bertz CT molecular complexity index is 528. The maximum absolute atomic E-state index is 11.9. The summed E-state index contributed by atoms with van der Waals surface area (Å²) in [6, 6.07) is 7.43. The number of nitrogens with one attached hydrogen (secondary N) is 3. The van der Waals surface area contributed by atoms with E-state index in [0.717, 1.165) is 5.56 Å². The summed E-state index contributed by atoms with van der Waals surface area (Å²) in [5.74, 6) is -0.690. The van der Waals surface area contributed by atoms with E-state index in [0.29, 0.717) is 10.6 Å². The summed E-state index contributed by atoms with van der Waals surface area (Å²) in [7, 11) is 1.69. The molecule has 0 saturated carbocycles. The molecule has 1 unspecified atom stereocenters. The Labute approximate surface area is 129 Å². The second-order valence-corrected chi connectivity index (χ2v) is 4.99. The van der Waals surface area contributed by atoms with Gasteiger partial charge in [0.1, 0.15) is 0 Å². The normalized spacial score (nSPS) is 11.4. The van der Waals surface area contributed by atoms with Gasteiger partial charge in [0.05, 0.1) is 13.7 Å². The predicted molar refractivity (Wildman–Crippen MR) is 81.6 cm³/mol. The third kappa shape index (κ3) is 6.85. The Morgan fingerprint density at radius 1 is 1.09 bits per heavy atom. The number of anilines is 1. The van der Waals surface area contributed by atoms with Crippen molar-refractivity contribution in [2.24, 2.45) is 0 Å². The molecule has 0 spiro atoms.